The Balaban J connectivity index is 2.18. The van der Waals surface area contributed by atoms with Crippen molar-refractivity contribution in [3.8, 4) is 5.75 Å². The van der Waals surface area contributed by atoms with Gasteiger partial charge in [-0.05, 0) is 31.9 Å². The van der Waals surface area contributed by atoms with E-state index in [4.69, 9.17) is 0 Å². The summed E-state index contributed by atoms with van der Waals surface area (Å²) in [4.78, 5) is 13.9. The fourth-order valence-electron chi connectivity index (χ4n) is 2.00. The van der Waals surface area contributed by atoms with Crippen LogP contribution in [0, 0.1) is 5.92 Å². The molecule has 0 spiro atoms. The van der Waals surface area contributed by atoms with Gasteiger partial charge in [-0.25, -0.2) is 0 Å². The van der Waals surface area contributed by atoms with Crippen LogP contribution in [-0.4, -0.2) is 17.6 Å². The van der Waals surface area contributed by atoms with Gasteiger partial charge in [0.05, 0.1) is 0 Å². The third kappa shape index (κ3) is 2.03. The lowest BCUT2D eigenvalue weighted by Crippen LogP contribution is -2.38. The van der Waals surface area contributed by atoms with Crippen molar-refractivity contribution >= 4 is 11.6 Å². The molecule has 16 heavy (non-hydrogen) atoms. The largest absolute Gasteiger partial charge is 0.508 e. The first-order valence-corrected chi connectivity index (χ1v) is 5.82. The second kappa shape index (κ2) is 4.56. The van der Waals surface area contributed by atoms with Crippen molar-refractivity contribution in [3.05, 3.63) is 24.3 Å². The van der Waals surface area contributed by atoms with Crippen molar-refractivity contribution in [1.29, 1.82) is 0 Å². The van der Waals surface area contributed by atoms with Crippen LogP contribution in [0.4, 0.5) is 5.69 Å². The average molecular weight is 219 g/mol. The molecule has 0 bridgehead atoms. The summed E-state index contributed by atoms with van der Waals surface area (Å²) in [7, 11) is 0. The minimum absolute atomic E-state index is 0.194. The normalized spacial score (nSPS) is 15.6. The molecule has 0 aliphatic heterocycles. The number of aromatic hydroxyl groups is 1. The molecule has 1 saturated carbocycles. The molecule has 1 aromatic rings. The first-order chi connectivity index (χ1) is 7.72. The number of phenolic OH excluding ortho intramolecular Hbond substituents is 1. The minimum Gasteiger partial charge on any atom is -0.508 e. The molecule has 0 radical (unpaired) electrons. The molecule has 1 aliphatic carbocycles. The second-order valence-electron chi connectivity index (χ2n) is 4.23. The van der Waals surface area contributed by atoms with E-state index < -0.39 is 0 Å². The Kier molecular flexibility index (Phi) is 3.13. The van der Waals surface area contributed by atoms with E-state index in [0.29, 0.717) is 6.54 Å². The lowest BCUT2D eigenvalue weighted by atomic mass is 9.84. The summed E-state index contributed by atoms with van der Waals surface area (Å²) in [5, 5.41) is 9.41. The van der Waals surface area contributed by atoms with Gasteiger partial charge >= 0.3 is 0 Å². The summed E-state index contributed by atoms with van der Waals surface area (Å²) in [6.07, 6.45) is 3.18. The summed E-state index contributed by atoms with van der Waals surface area (Å²) in [5.41, 5.74) is 0.791. The van der Waals surface area contributed by atoms with E-state index in [0.717, 1.165) is 24.9 Å². The molecule has 1 aliphatic rings. The topological polar surface area (TPSA) is 40.5 Å². The molecular formula is C13H17NO2. The standard InChI is InChI=1S/C13H17NO2/c1-2-14(13(16)10-5-3-6-10)11-7-4-8-12(15)9-11/h4,7-10,15H,2-3,5-6H2,1H3. The number of nitrogens with zero attached hydrogens (tertiary/aromatic N) is 1. The predicted molar refractivity (Wildman–Crippen MR) is 63.5 cm³/mol. The zero-order valence-electron chi connectivity index (χ0n) is 9.52. The number of hydrogen-bond donors (Lipinski definition) is 1. The van der Waals surface area contributed by atoms with Crippen molar-refractivity contribution in [1.82, 2.24) is 0 Å². The van der Waals surface area contributed by atoms with Gasteiger partial charge in [-0.2, -0.15) is 0 Å². The highest BCUT2D eigenvalue weighted by atomic mass is 16.3. The minimum atomic E-state index is 0.194. The van der Waals surface area contributed by atoms with Gasteiger partial charge in [-0.3, -0.25) is 4.79 Å². The van der Waals surface area contributed by atoms with Crippen molar-refractivity contribution < 1.29 is 9.90 Å². The van der Waals surface area contributed by atoms with Gasteiger partial charge < -0.3 is 10.0 Å². The Hall–Kier alpha value is -1.51. The van der Waals surface area contributed by atoms with E-state index in [2.05, 4.69) is 0 Å². The predicted octanol–water partition coefficient (Wildman–Crippen LogP) is 2.55. The molecule has 1 fully saturated rings. The van der Waals surface area contributed by atoms with Crippen LogP contribution >= 0.6 is 0 Å². The number of carbonyl (C=O) groups is 1. The van der Waals surface area contributed by atoms with Crippen LogP contribution in [0.25, 0.3) is 0 Å². The first-order valence-electron chi connectivity index (χ1n) is 5.82. The van der Waals surface area contributed by atoms with Gasteiger partial charge in [0.2, 0.25) is 5.91 Å². The maximum absolute atomic E-state index is 12.1. The molecule has 0 saturated heterocycles. The van der Waals surface area contributed by atoms with Gasteiger partial charge in [0.1, 0.15) is 5.75 Å². The van der Waals surface area contributed by atoms with Crippen molar-refractivity contribution in [2.45, 2.75) is 26.2 Å². The summed E-state index contributed by atoms with van der Waals surface area (Å²) in [6.45, 7) is 2.61. The Morgan fingerprint density at radius 3 is 2.75 bits per heavy atom. The number of rotatable bonds is 3. The fraction of sp³-hybridized carbons (Fsp3) is 0.462. The van der Waals surface area contributed by atoms with Crippen LogP contribution in [0.1, 0.15) is 26.2 Å². The molecule has 2 rings (SSSR count). The summed E-state index contributed by atoms with van der Waals surface area (Å²) < 4.78 is 0. The third-order valence-electron chi connectivity index (χ3n) is 3.18. The lowest BCUT2D eigenvalue weighted by molar-refractivity contribution is -0.124. The first kappa shape index (κ1) is 11.0. The maximum atomic E-state index is 12.1. The molecule has 1 N–H and O–H groups in total. The number of amides is 1. The molecule has 1 amide bonds. The third-order valence-corrected chi connectivity index (χ3v) is 3.18. The highest BCUT2D eigenvalue weighted by Crippen LogP contribution is 2.30. The Morgan fingerprint density at radius 1 is 1.50 bits per heavy atom. The number of anilines is 1. The molecule has 0 aromatic heterocycles. The second-order valence-corrected chi connectivity index (χ2v) is 4.23. The van der Waals surface area contributed by atoms with Crippen LogP contribution in [0.15, 0.2) is 24.3 Å². The van der Waals surface area contributed by atoms with E-state index in [1.165, 1.54) is 0 Å². The molecular weight excluding hydrogens is 202 g/mol. The van der Waals surface area contributed by atoms with E-state index in [1.807, 2.05) is 13.0 Å². The van der Waals surface area contributed by atoms with Gasteiger partial charge in [0.15, 0.2) is 0 Å². The monoisotopic (exact) mass is 219 g/mol. The highest BCUT2D eigenvalue weighted by Gasteiger charge is 2.29. The number of carbonyl (C=O) groups excluding carboxylic acids is 1. The number of benzene rings is 1. The van der Waals surface area contributed by atoms with Crippen molar-refractivity contribution in [2.75, 3.05) is 11.4 Å². The molecule has 0 unspecified atom stereocenters. The van der Waals surface area contributed by atoms with E-state index in [1.54, 1.807) is 23.1 Å². The lowest BCUT2D eigenvalue weighted by Gasteiger charge is -2.31. The van der Waals surface area contributed by atoms with E-state index >= 15 is 0 Å². The number of phenols is 1. The van der Waals surface area contributed by atoms with Crippen molar-refractivity contribution in [3.63, 3.8) is 0 Å². The van der Waals surface area contributed by atoms with Crippen LogP contribution in [0.5, 0.6) is 5.75 Å². The molecule has 3 nitrogen and oxygen atoms in total. The highest BCUT2D eigenvalue weighted by molar-refractivity contribution is 5.95. The molecule has 0 atom stereocenters. The van der Waals surface area contributed by atoms with E-state index in [-0.39, 0.29) is 17.6 Å². The smallest absolute Gasteiger partial charge is 0.230 e. The summed E-state index contributed by atoms with van der Waals surface area (Å²) in [6, 6.07) is 6.88. The molecule has 3 heteroatoms. The fourth-order valence-corrected chi connectivity index (χ4v) is 2.00. The zero-order chi connectivity index (χ0) is 11.5. The summed E-state index contributed by atoms with van der Waals surface area (Å²) in [5.74, 6) is 0.596. The average Bonchev–Trinajstić information content (AvgIpc) is 2.16. The van der Waals surface area contributed by atoms with Gasteiger partial charge in [0.25, 0.3) is 0 Å². The van der Waals surface area contributed by atoms with Crippen LogP contribution in [0.2, 0.25) is 0 Å². The van der Waals surface area contributed by atoms with Crippen LogP contribution in [-0.2, 0) is 4.79 Å². The Bertz CT molecular complexity index is 385. The molecule has 0 heterocycles. The van der Waals surface area contributed by atoms with E-state index in [9.17, 15) is 9.90 Å². The van der Waals surface area contributed by atoms with Crippen LogP contribution < -0.4 is 4.90 Å². The van der Waals surface area contributed by atoms with Gasteiger partial charge in [0, 0.05) is 24.2 Å². The quantitative estimate of drug-likeness (QED) is 0.848. The van der Waals surface area contributed by atoms with Crippen LogP contribution in [0.3, 0.4) is 0 Å². The molecule has 86 valence electrons. The summed E-state index contributed by atoms with van der Waals surface area (Å²) >= 11 is 0. The zero-order valence-corrected chi connectivity index (χ0v) is 9.52. The van der Waals surface area contributed by atoms with Crippen molar-refractivity contribution in [2.24, 2.45) is 5.92 Å². The van der Waals surface area contributed by atoms with Gasteiger partial charge in [-0.1, -0.05) is 12.5 Å². The maximum Gasteiger partial charge on any atom is 0.230 e. The Morgan fingerprint density at radius 2 is 2.25 bits per heavy atom. The SMILES string of the molecule is CCN(C(=O)C1CCC1)c1cccc(O)c1. The molecule has 1 aromatic carbocycles. The van der Waals surface area contributed by atoms with Gasteiger partial charge in [-0.15, -0.1) is 0 Å². The Labute approximate surface area is 95.7 Å². The number of hydrogen-bond acceptors (Lipinski definition) is 2.